The van der Waals surface area contributed by atoms with Gasteiger partial charge >= 0.3 is 0 Å². The van der Waals surface area contributed by atoms with Crippen molar-refractivity contribution in [3.05, 3.63) is 35.4 Å². The van der Waals surface area contributed by atoms with E-state index in [4.69, 9.17) is 0 Å². The molecule has 0 heterocycles. The maximum atomic E-state index is 13.3. The van der Waals surface area contributed by atoms with Crippen LogP contribution in [0.25, 0.3) is 0 Å². The summed E-state index contributed by atoms with van der Waals surface area (Å²) in [5.41, 5.74) is -0.178. The highest BCUT2D eigenvalue weighted by Crippen LogP contribution is 2.10. The monoisotopic (exact) mass is 227 g/mol. The van der Waals surface area contributed by atoms with Gasteiger partial charge in [-0.15, -0.1) is 0 Å². The number of carbonyl (C=O) groups is 1. The molecule has 16 heavy (non-hydrogen) atoms. The van der Waals surface area contributed by atoms with Crippen LogP contribution in [0.1, 0.15) is 23.7 Å². The first-order valence-electron chi connectivity index (χ1n) is 5.21. The van der Waals surface area contributed by atoms with E-state index in [0.29, 0.717) is 0 Å². The van der Waals surface area contributed by atoms with Gasteiger partial charge in [-0.3, -0.25) is 9.69 Å². The Hall–Kier alpha value is -1.29. The second-order valence-electron chi connectivity index (χ2n) is 3.79. The van der Waals surface area contributed by atoms with Crippen LogP contribution >= 0.6 is 0 Å². The lowest BCUT2D eigenvalue weighted by atomic mass is 10.1. The number of hydrogen-bond acceptors (Lipinski definition) is 2. The van der Waals surface area contributed by atoms with Crippen LogP contribution in [-0.2, 0) is 0 Å². The third kappa shape index (κ3) is 3.38. The van der Waals surface area contributed by atoms with Crippen molar-refractivity contribution in [1.29, 1.82) is 0 Å². The summed E-state index contributed by atoms with van der Waals surface area (Å²) < 4.78 is 26.1. The molecule has 1 rings (SSSR count). The first kappa shape index (κ1) is 12.8. The molecule has 4 heteroatoms. The zero-order valence-corrected chi connectivity index (χ0v) is 9.46. The van der Waals surface area contributed by atoms with Gasteiger partial charge in [0, 0.05) is 0 Å². The van der Waals surface area contributed by atoms with Crippen molar-refractivity contribution in [2.75, 3.05) is 20.1 Å². The van der Waals surface area contributed by atoms with Gasteiger partial charge in [-0.25, -0.2) is 8.78 Å². The van der Waals surface area contributed by atoms with Crippen LogP contribution < -0.4 is 0 Å². The molecule has 2 nitrogen and oxygen atoms in total. The van der Waals surface area contributed by atoms with E-state index >= 15 is 0 Å². The number of ketones is 1. The van der Waals surface area contributed by atoms with Crippen LogP contribution in [0.15, 0.2) is 18.2 Å². The summed E-state index contributed by atoms with van der Waals surface area (Å²) in [7, 11) is 1.78. The Bertz CT molecular complexity index is 379. The molecule has 0 saturated heterocycles. The second-order valence-corrected chi connectivity index (χ2v) is 3.79. The molecule has 1 aromatic carbocycles. The van der Waals surface area contributed by atoms with E-state index in [1.54, 1.807) is 11.9 Å². The van der Waals surface area contributed by atoms with Gasteiger partial charge in [0.1, 0.15) is 11.6 Å². The highest BCUT2D eigenvalue weighted by atomic mass is 19.1. The molecular weight excluding hydrogens is 212 g/mol. The third-order valence-corrected chi connectivity index (χ3v) is 2.25. The summed E-state index contributed by atoms with van der Waals surface area (Å²) in [6.07, 6.45) is 0.912. The molecule has 0 aromatic heterocycles. The first-order valence-corrected chi connectivity index (χ1v) is 5.21. The van der Waals surface area contributed by atoms with Gasteiger partial charge in [0.05, 0.1) is 12.1 Å². The van der Waals surface area contributed by atoms with E-state index in [-0.39, 0.29) is 12.1 Å². The summed E-state index contributed by atoms with van der Waals surface area (Å²) in [6, 6.07) is 2.92. The van der Waals surface area contributed by atoms with Gasteiger partial charge in [0.25, 0.3) is 0 Å². The lowest BCUT2D eigenvalue weighted by Gasteiger charge is -2.14. The van der Waals surface area contributed by atoms with Gasteiger partial charge in [-0.2, -0.15) is 0 Å². The molecule has 88 valence electrons. The molecule has 0 bridgehead atoms. The number of benzene rings is 1. The lowest BCUT2D eigenvalue weighted by molar-refractivity contribution is 0.0942. The van der Waals surface area contributed by atoms with Gasteiger partial charge in [0.15, 0.2) is 5.78 Å². The fourth-order valence-electron chi connectivity index (χ4n) is 1.50. The Labute approximate surface area is 93.9 Å². The zero-order chi connectivity index (χ0) is 12.1. The summed E-state index contributed by atoms with van der Waals surface area (Å²) in [6.45, 7) is 2.85. The smallest absolute Gasteiger partial charge is 0.179 e. The van der Waals surface area contributed by atoms with Crippen LogP contribution in [-0.4, -0.2) is 30.8 Å². The average Bonchev–Trinajstić information content (AvgIpc) is 2.21. The molecule has 0 aliphatic rings. The Morgan fingerprint density at radius 3 is 2.69 bits per heavy atom. The van der Waals surface area contributed by atoms with E-state index in [1.165, 1.54) is 0 Å². The van der Waals surface area contributed by atoms with Crippen molar-refractivity contribution in [2.45, 2.75) is 13.3 Å². The fourth-order valence-corrected chi connectivity index (χ4v) is 1.50. The normalized spacial score (nSPS) is 10.8. The Kier molecular flexibility index (Phi) is 4.55. The number of likely N-dealkylation sites (N-methyl/N-ethyl adjacent to an activating group) is 1. The van der Waals surface area contributed by atoms with E-state index < -0.39 is 17.4 Å². The molecule has 0 aliphatic heterocycles. The van der Waals surface area contributed by atoms with Gasteiger partial charge in [0.2, 0.25) is 0 Å². The highest BCUT2D eigenvalue weighted by Gasteiger charge is 2.14. The van der Waals surface area contributed by atoms with Crippen LogP contribution in [0.3, 0.4) is 0 Å². The number of nitrogens with zero attached hydrogens (tertiary/aromatic N) is 1. The van der Waals surface area contributed by atoms with Crippen LogP contribution in [0.4, 0.5) is 8.78 Å². The van der Waals surface area contributed by atoms with Crippen molar-refractivity contribution < 1.29 is 13.6 Å². The summed E-state index contributed by atoms with van der Waals surface area (Å²) in [4.78, 5) is 13.4. The molecule has 0 amide bonds. The van der Waals surface area contributed by atoms with Crippen molar-refractivity contribution in [3.8, 4) is 0 Å². The fraction of sp³-hybridized carbons (Fsp3) is 0.417. The molecule has 0 spiro atoms. The van der Waals surface area contributed by atoms with Crippen molar-refractivity contribution in [1.82, 2.24) is 4.90 Å². The van der Waals surface area contributed by atoms with Crippen LogP contribution in [0.5, 0.6) is 0 Å². The van der Waals surface area contributed by atoms with Gasteiger partial charge in [-0.1, -0.05) is 6.92 Å². The molecule has 0 saturated carbocycles. The average molecular weight is 227 g/mol. The molecule has 0 fully saturated rings. The molecular formula is C12H15F2NO. The summed E-state index contributed by atoms with van der Waals surface area (Å²) in [5, 5.41) is 0. The number of halogens is 2. The number of rotatable bonds is 5. The van der Waals surface area contributed by atoms with E-state index in [0.717, 1.165) is 31.2 Å². The Morgan fingerprint density at radius 2 is 2.06 bits per heavy atom. The maximum Gasteiger partial charge on any atom is 0.179 e. The van der Waals surface area contributed by atoms with Crippen LogP contribution in [0, 0.1) is 11.6 Å². The van der Waals surface area contributed by atoms with E-state index in [1.807, 2.05) is 6.92 Å². The molecule has 1 aromatic rings. The standard InChI is InChI=1S/C12H15F2NO/c1-3-6-15(2)8-12(16)10-7-9(13)4-5-11(10)14/h4-5,7H,3,6,8H2,1-2H3. The van der Waals surface area contributed by atoms with Crippen molar-refractivity contribution in [3.63, 3.8) is 0 Å². The van der Waals surface area contributed by atoms with Gasteiger partial charge in [-0.05, 0) is 38.2 Å². The Balaban J connectivity index is 2.76. The van der Waals surface area contributed by atoms with E-state index in [9.17, 15) is 13.6 Å². The number of hydrogen-bond donors (Lipinski definition) is 0. The largest absolute Gasteiger partial charge is 0.299 e. The molecule has 0 unspecified atom stereocenters. The topological polar surface area (TPSA) is 20.3 Å². The van der Waals surface area contributed by atoms with E-state index in [2.05, 4.69) is 0 Å². The predicted molar refractivity (Wildman–Crippen MR) is 58.5 cm³/mol. The lowest BCUT2D eigenvalue weighted by Crippen LogP contribution is -2.27. The SMILES string of the molecule is CCCN(C)CC(=O)c1cc(F)ccc1F. The quantitative estimate of drug-likeness (QED) is 0.720. The highest BCUT2D eigenvalue weighted by molar-refractivity contribution is 5.97. The first-order chi connectivity index (χ1) is 7.54. The summed E-state index contributed by atoms with van der Waals surface area (Å²) >= 11 is 0. The third-order valence-electron chi connectivity index (χ3n) is 2.25. The zero-order valence-electron chi connectivity index (χ0n) is 9.46. The second kappa shape index (κ2) is 5.70. The van der Waals surface area contributed by atoms with Gasteiger partial charge < -0.3 is 0 Å². The molecule has 0 atom stereocenters. The van der Waals surface area contributed by atoms with Crippen molar-refractivity contribution >= 4 is 5.78 Å². The van der Waals surface area contributed by atoms with Crippen LogP contribution in [0.2, 0.25) is 0 Å². The Morgan fingerprint density at radius 1 is 1.38 bits per heavy atom. The maximum absolute atomic E-state index is 13.3. The summed E-state index contributed by atoms with van der Waals surface area (Å²) in [5.74, 6) is -1.66. The predicted octanol–water partition coefficient (Wildman–Crippen LogP) is 2.49. The minimum absolute atomic E-state index is 0.105. The number of carbonyl (C=O) groups excluding carboxylic acids is 1. The molecule has 0 N–H and O–H groups in total. The molecule has 0 radical (unpaired) electrons. The minimum Gasteiger partial charge on any atom is -0.299 e. The van der Waals surface area contributed by atoms with Crippen molar-refractivity contribution in [2.24, 2.45) is 0 Å². The minimum atomic E-state index is -0.670. The molecule has 0 aliphatic carbocycles. The number of Topliss-reactive ketones (excluding diaryl/α,β-unsaturated/α-hetero) is 1.